The van der Waals surface area contributed by atoms with Gasteiger partial charge in [-0.05, 0) is 19.8 Å². The highest BCUT2D eigenvalue weighted by Gasteiger charge is 2.52. The predicted octanol–water partition coefficient (Wildman–Crippen LogP) is 0.301. The topological polar surface area (TPSA) is 80.4 Å². The average Bonchev–Trinajstić information content (AvgIpc) is 2.43. The van der Waals surface area contributed by atoms with Crippen molar-refractivity contribution >= 4 is 9.84 Å². The molecule has 0 bridgehead atoms. The second-order valence-corrected chi connectivity index (χ2v) is 7.03. The molecule has 4 nitrogen and oxygen atoms in total. The van der Waals surface area contributed by atoms with Gasteiger partial charge in [-0.15, -0.1) is 0 Å². The van der Waals surface area contributed by atoms with Crippen LogP contribution in [0.15, 0.2) is 0 Å². The molecule has 0 amide bonds. The molecule has 1 rings (SSSR count). The van der Waals surface area contributed by atoms with Gasteiger partial charge in [0.05, 0.1) is 17.1 Å². The number of hydrogen-bond acceptors (Lipinski definition) is 4. The van der Waals surface area contributed by atoms with Gasteiger partial charge in [-0.3, -0.25) is 0 Å². The Bertz CT molecular complexity index is 324. The second-order valence-electron chi connectivity index (χ2n) is 4.85. The van der Waals surface area contributed by atoms with Gasteiger partial charge in [0.15, 0.2) is 9.84 Å². The number of sulfone groups is 1. The smallest absolute Gasteiger partial charge is 0.151 e. The summed E-state index contributed by atoms with van der Waals surface area (Å²) in [5, 5.41) is 10.4. The summed E-state index contributed by atoms with van der Waals surface area (Å²) in [6.45, 7) is 3.92. The fraction of sp³-hybridized carbons (Fsp3) is 1.00. The highest BCUT2D eigenvalue weighted by molar-refractivity contribution is 7.91. The monoisotopic (exact) mass is 235 g/mol. The van der Waals surface area contributed by atoms with Crippen molar-refractivity contribution in [2.75, 3.05) is 18.1 Å². The molecular formula is C10H21NO3S. The minimum atomic E-state index is -3.01. The van der Waals surface area contributed by atoms with Gasteiger partial charge < -0.3 is 10.8 Å². The largest absolute Gasteiger partial charge is 0.390 e. The summed E-state index contributed by atoms with van der Waals surface area (Å²) < 4.78 is 23.0. The van der Waals surface area contributed by atoms with E-state index in [1.807, 2.05) is 6.92 Å². The maximum Gasteiger partial charge on any atom is 0.151 e. The number of hydrogen-bond donors (Lipinski definition) is 2. The van der Waals surface area contributed by atoms with Crippen molar-refractivity contribution in [1.82, 2.24) is 0 Å². The van der Waals surface area contributed by atoms with E-state index in [1.54, 1.807) is 6.92 Å². The van der Waals surface area contributed by atoms with Crippen molar-refractivity contribution in [2.24, 2.45) is 11.1 Å². The maximum absolute atomic E-state index is 11.5. The van der Waals surface area contributed by atoms with Gasteiger partial charge in [0.25, 0.3) is 0 Å². The Hall–Kier alpha value is -0.130. The van der Waals surface area contributed by atoms with E-state index in [0.29, 0.717) is 12.8 Å². The normalized spacial score (nSPS) is 33.9. The van der Waals surface area contributed by atoms with Crippen LogP contribution in [0.25, 0.3) is 0 Å². The Kier molecular flexibility index (Phi) is 3.48. The van der Waals surface area contributed by atoms with Gasteiger partial charge in [0, 0.05) is 12.0 Å². The van der Waals surface area contributed by atoms with Crippen LogP contribution in [0.3, 0.4) is 0 Å². The first-order chi connectivity index (χ1) is 6.79. The minimum absolute atomic E-state index is 0.0312. The van der Waals surface area contributed by atoms with Gasteiger partial charge in [0.1, 0.15) is 0 Å². The van der Waals surface area contributed by atoms with Crippen LogP contribution < -0.4 is 5.73 Å². The van der Waals surface area contributed by atoms with Crippen LogP contribution in [-0.2, 0) is 9.84 Å². The summed E-state index contributed by atoms with van der Waals surface area (Å²) in [6, 6.07) is 0. The third-order valence-electron chi connectivity index (χ3n) is 3.66. The van der Waals surface area contributed by atoms with Gasteiger partial charge >= 0.3 is 0 Å². The third-order valence-corrected chi connectivity index (χ3v) is 5.48. The molecule has 0 aromatic carbocycles. The molecule has 1 saturated heterocycles. The van der Waals surface area contributed by atoms with Crippen LogP contribution >= 0.6 is 0 Å². The zero-order valence-electron chi connectivity index (χ0n) is 9.49. The van der Waals surface area contributed by atoms with E-state index in [9.17, 15) is 13.5 Å². The predicted molar refractivity (Wildman–Crippen MR) is 60.3 cm³/mol. The molecule has 0 aromatic rings. The molecule has 2 atom stereocenters. The van der Waals surface area contributed by atoms with Crippen molar-refractivity contribution in [3.8, 4) is 0 Å². The van der Waals surface area contributed by atoms with E-state index in [2.05, 4.69) is 0 Å². The Balaban J connectivity index is 2.97. The first-order valence-corrected chi connectivity index (χ1v) is 7.24. The molecule has 2 unspecified atom stereocenters. The fourth-order valence-electron chi connectivity index (χ4n) is 2.47. The molecule has 3 N–H and O–H groups in total. The fourth-order valence-corrected chi connectivity index (χ4v) is 4.73. The van der Waals surface area contributed by atoms with Crippen LogP contribution in [-0.4, -0.2) is 37.2 Å². The molecule has 0 aliphatic carbocycles. The molecule has 5 heteroatoms. The summed E-state index contributed by atoms with van der Waals surface area (Å²) in [7, 11) is -3.01. The third kappa shape index (κ3) is 2.34. The number of nitrogens with two attached hydrogens (primary N) is 1. The van der Waals surface area contributed by atoms with E-state index in [-0.39, 0.29) is 18.1 Å². The van der Waals surface area contributed by atoms with Crippen LogP contribution in [0.2, 0.25) is 0 Å². The Morgan fingerprint density at radius 3 is 2.47 bits per heavy atom. The standard InChI is InChI=1S/C10H21NO3S/c1-3-4-9(2,12)10(7-11)5-6-15(13,14)8-10/h12H,3-8,11H2,1-2H3. The zero-order valence-corrected chi connectivity index (χ0v) is 10.3. The number of aliphatic hydroxyl groups is 1. The summed E-state index contributed by atoms with van der Waals surface area (Å²) in [5.74, 6) is 0.188. The summed E-state index contributed by atoms with van der Waals surface area (Å²) in [6.07, 6.45) is 1.91. The second kappa shape index (κ2) is 4.03. The first kappa shape index (κ1) is 12.9. The molecular weight excluding hydrogens is 214 g/mol. The average molecular weight is 235 g/mol. The van der Waals surface area contributed by atoms with Gasteiger partial charge in [-0.1, -0.05) is 13.3 Å². The molecule has 0 radical (unpaired) electrons. The summed E-state index contributed by atoms with van der Waals surface area (Å²) >= 11 is 0. The highest BCUT2D eigenvalue weighted by atomic mass is 32.2. The van der Waals surface area contributed by atoms with Crippen molar-refractivity contribution < 1.29 is 13.5 Å². The van der Waals surface area contributed by atoms with Crippen molar-refractivity contribution in [3.05, 3.63) is 0 Å². The van der Waals surface area contributed by atoms with Gasteiger partial charge in [-0.2, -0.15) is 0 Å². The lowest BCUT2D eigenvalue weighted by Crippen LogP contribution is -2.51. The van der Waals surface area contributed by atoms with E-state index in [1.165, 1.54) is 0 Å². The van der Waals surface area contributed by atoms with E-state index < -0.39 is 20.9 Å². The van der Waals surface area contributed by atoms with Crippen LogP contribution in [0.4, 0.5) is 0 Å². The van der Waals surface area contributed by atoms with E-state index in [0.717, 1.165) is 6.42 Å². The summed E-state index contributed by atoms with van der Waals surface area (Å²) in [5.41, 5.74) is 4.07. The molecule has 0 aromatic heterocycles. The Morgan fingerprint density at radius 2 is 2.13 bits per heavy atom. The van der Waals surface area contributed by atoms with Crippen molar-refractivity contribution in [1.29, 1.82) is 0 Å². The van der Waals surface area contributed by atoms with Crippen LogP contribution in [0.1, 0.15) is 33.1 Å². The Morgan fingerprint density at radius 1 is 1.53 bits per heavy atom. The zero-order chi connectivity index (χ0) is 11.7. The lowest BCUT2D eigenvalue weighted by Gasteiger charge is -2.41. The highest BCUT2D eigenvalue weighted by Crippen LogP contribution is 2.43. The molecule has 0 spiro atoms. The molecule has 90 valence electrons. The van der Waals surface area contributed by atoms with E-state index in [4.69, 9.17) is 5.73 Å². The van der Waals surface area contributed by atoms with Gasteiger partial charge in [-0.25, -0.2) is 8.42 Å². The summed E-state index contributed by atoms with van der Waals surface area (Å²) in [4.78, 5) is 0. The number of rotatable bonds is 4. The minimum Gasteiger partial charge on any atom is -0.390 e. The molecule has 1 aliphatic heterocycles. The lowest BCUT2D eigenvalue weighted by molar-refractivity contribution is -0.0591. The van der Waals surface area contributed by atoms with Gasteiger partial charge in [0.2, 0.25) is 0 Å². The van der Waals surface area contributed by atoms with Crippen molar-refractivity contribution in [3.63, 3.8) is 0 Å². The first-order valence-electron chi connectivity index (χ1n) is 5.41. The molecule has 1 fully saturated rings. The lowest BCUT2D eigenvalue weighted by atomic mass is 9.70. The molecule has 1 heterocycles. The Labute approximate surface area is 91.8 Å². The SMILES string of the molecule is CCCC(C)(O)C1(CN)CCS(=O)(=O)C1. The molecule has 15 heavy (non-hydrogen) atoms. The van der Waals surface area contributed by atoms with Crippen LogP contribution in [0.5, 0.6) is 0 Å². The quantitative estimate of drug-likeness (QED) is 0.734. The van der Waals surface area contributed by atoms with Crippen molar-refractivity contribution in [2.45, 2.75) is 38.7 Å². The van der Waals surface area contributed by atoms with E-state index >= 15 is 0 Å². The van der Waals surface area contributed by atoms with Crippen LogP contribution in [0, 0.1) is 5.41 Å². The molecule has 0 saturated carbocycles. The maximum atomic E-state index is 11.5. The molecule has 1 aliphatic rings.